The lowest BCUT2D eigenvalue weighted by Crippen LogP contribution is -2.49. The molecule has 0 atom stereocenters. The summed E-state index contributed by atoms with van der Waals surface area (Å²) < 4.78 is 0. The predicted octanol–water partition coefficient (Wildman–Crippen LogP) is 2.94. The van der Waals surface area contributed by atoms with E-state index < -0.39 is 0 Å². The van der Waals surface area contributed by atoms with Crippen molar-refractivity contribution in [2.45, 2.75) is 13.1 Å². The fourth-order valence-corrected chi connectivity index (χ4v) is 3.88. The molecule has 28 heavy (non-hydrogen) atoms. The van der Waals surface area contributed by atoms with Gasteiger partial charge in [-0.25, -0.2) is 4.98 Å². The lowest BCUT2D eigenvalue weighted by atomic mass is 10.2. The number of rotatable bonds is 4. The second-order valence-corrected chi connectivity index (χ2v) is 7.56. The van der Waals surface area contributed by atoms with Crippen LogP contribution in [0.5, 0.6) is 0 Å². The number of hydrogen-bond acceptors (Lipinski definition) is 4. The molecule has 0 bridgehead atoms. The van der Waals surface area contributed by atoms with E-state index in [0.29, 0.717) is 31.2 Å². The van der Waals surface area contributed by atoms with Crippen molar-refractivity contribution in [1.29, 1.82) is 0 Å². The number of imidazole rings is 1. The van der Waals surface area contributed by atoms with Crippen molar-refractivity contribution in [3.05, 3.63) is 59.3 Å². The standard InChI is InChI=1S/C20H19ClN6O/c21-14-1-2-17-18(8-14)25-19(24-17)11-26-5-6-27(20(28)12-26)10-15-7-13-9-22-4-3-16(13)23-15/h1-4,7-9,23H,5-6,10-12H2,(H,24,25). The Kier molecular flexibility index (Phi) is 4.26. The number of carbonyl (C=O) groups excluding carboxylic acids is 1. The quantitative estimate of drug-likeness (QED) is 0.557. The number of benzene rings is 1. The monoisotopic (exact) mass is 394 g/mol. The summed E-state index contributed by atoms with van der Waals surface area (Å²) in [5.74, 6) is 0.976. The van der Waals surface area contributed by atoms with Crippen molar-refractivity contribution < 1.29 is 4.79 Å². The molecule has 0 spiro atoms. The van der Waals surface area contributed by atoms with Crippen LogP contribution in [0.25, 0.3) is 21.9 Å². The van der Waals surface area contributed by atoms with E-state index in [2.05, 4.69) is 30.9 Å². The molecule has 4 aromatic rings. The van der Waals surface area contributed by atoms with Gasteiger partial charge in [-0.2, -0.15) is 0 Å². The Hall–Kier alpha value is -2.90. The van der Waals surface area contributed by atoms with Gasteiger partial charge in [0.1, 0.15) is 5.82 Å². The van der Waals surface area contributed by atoms with Gasteiger partial charge in [-0.15, -0.1) is 0 Å². The van der Waals surface area contributed by atoms with Gasteiger partial charge in [-0.1, -0.05) is 11.6 Å². The number of nitrogens with one attached hydrogen (secondary N) is 2. The van der Waals surface area contributed by atoms with Gasteiger partial charge < -0.3 is 14.9 Å². The molecule has 1 amide bonds. The largest absolute Gasteiger partial charge is 0.357 e. The maximum absolute atomic E-state index is 12.6. The number of halogens is 1. The van der Waals surface area contributed by atoms with E-state index in [9.17, 15) is 4.79 Å². The summed E-state index contributed by atoms with van der Waals surface area (Å²) in [5, 5.41) is 1.74. The zero-order chi connectivity index (χ0) is 19.1. The second kappa shape index (κ2) is 6.92. The summed E-state index contributed by atoms with van der Waals surface area (Å²) >= 11 is 6.03. The van der Waals surface area contributed by atoms with E-state index in [4.69, 9.17) is 11.6 Å². The topological polar surface area (TPSA) is 80.9 Å². The first-order valence-electron chi connectivity index (χ1n) is 9.20. The summed E-state index contributed by atoms with van der Waals surface area (Å²) in [6, 6.07) is 9.60. The molecule has 5 rings (SSSR count). The summed E-state index contributed by atoms with van der Waals surface area (Å²) in [6.45, 7) is 3.10. The van der Waals surface area contributed by atoms with Gasteiger partial charge in [0.05, 0.1) is 30.7 Å². The zero-order valence-electron chi connectivity index (χ0n) is 15.2. The summed E-state index contributed by atoms with van der Waals surface area (Å²) in [5.41, 5.74) is 3.87. The number of H-pyrrole nitrogens is 2. The molecular weight excluding hydrogens is 376 g/mol. The van der Waals surface area contributed by atoms with Crippen LogP contribution in [-0.4, -0.2) is 55.3 Å². The molecule has 1 aromatic carbocycles. The lowest BCUT2D eigenvalue weighted by Gasteiger charge is -2.33. The van der Waals surface area contributed by atoms with Crippen LogP contribution in [-0.2, 0) is 17.9 Å². The highest BCUT2D eigenvalue weighted by atomic mass is 35.5. The summed E-state index contributed by atoms with van der Waals surface area (Å²) in [6.07, 6.45) is 3.59. The normalized spacial score (nSPS) is 15.8. The molecule has 1 aliphatic rings. The lowest BCUT2D eigenvalue weighted by molar-refractivity contribution is -0.137. The van der Waals surface area contributed by atoms with Crippen molar-refractivity contribution in [3.8, 4) is 0 Å². The van der Waals surface area contributed by atoms with Crippen molar-refractivity contribution in [1.82, 2.24) is 29.7 Å². The number of pyridine rings is 1. The van der Waals surface area contributed by atoms with Crippen molar-refractivity contribution in [2.24, 2.45) is 0 Å². The van der Waals surface area contributed by atoms with Crippen molar-refractivity contribution in [3.63, 3.8) is 0 Å². The third-order valence-electron chi connectivity index (χ3n) is 5.10. The molecule has 8 heteroatoms. The van der Waals surface area contributed by atoms with Crippen LogP contribution in [0.2, 0.25) is 5.02 Å². The Morgan fingerprint density at radius 3 is 2.86 bits per heavy atom. The van der Waals surface area contributed by atoms with E-state index >= 15 is 0 Å². The fraction of sp³-hybridized carbons (Fsp3) is 0.250. The van der Waals surface area contributed by atoms with Gasteiger partial charge in [-0.05, 0) is 30.3 Å². The minimum atomic E-state index is 0.127. The molecule has 1 aliphatic heterocycles. The third kappa shape index (κ3) is 3.34. The van der Waals surface area contributed by atoms with E-state index in [-0.39, 0.29) is 5.91 Å². The van der Waals surface area contributed by atoms with Gasteiger partial charge in [0.15, 0.2) is 0 Å². The van der Waals surface area contributed by atoms with E-state index in [1.807, 2.05) is 35.4 Å². The molecule has 3 aromatic heterocycles. The van der Waals surface area contributed by atoms with Gasteiger partial charge in [0.25, 0.3) is 0 Å². The highest BCUT2D eigenvalue weighted by Gasteiger charge is 2.25. The van der Waals surface area contributed by atoms with Crippen LogP contribution in [0, 0.1) is 0 Å². The molecule has 0 unspecified atom stereocenters. The molecule has 0 aliphatic carbocycles. The smallest absolute Gasteiger partial charge is 0.237 e. The Morgan fingerprint density at radius 1 is 1.07 bits per heavy atom. The maximum Gasteiger partial charge on any atom is 0.237 e. The SMILES string of the molecule is O=C1CN(Cc2nc3ccc(Cl)cc3[nH]2)CCN1Cc1cc2cnccc2[nH]1. The third-order valence-corrected chi connectivity index (χ3v) is 5.34. The first kappa shape index (κ1) is 17.2. The molecule has 1 fully saturated rings. The number of carbonyl (C=O) groups is 1. The van der Waals surface area contributed by atoms with Crippen LogP contribution in [0.4, 0.5) is 0 Å². The van der Waals surface area contributed by atoms with E-state index in [1.165, 1.54) is 0 Å². The van der Waals surface area contributed by atoms with Gasteiger partial charge in [0.2, 0.25) is 5.91 Å². The molecule has 142 valence electrons. The summed E-state index contributed by atoms with van der Waals surface area (Å²) in [7, 11) is 0. The highest BCUT2D eigenvalue weighted by molar-refractivity contribution is 6.31. The van der Waals surface area contributed by atoms with Crippen LogP contribution < -0.4 is 0 Å². The highest BCUT2D eigenvalue weighted by Crippen LogP contribution is 2.19. The number of piperazine rings is 1. The minimum absolute atomic E-state index is 0.127. The van der Waals surface area contributed by atoms with Gasteiger partial charge in [0, 0.05) is 47.1 Å². The van der Waals surface area contributed by atoms with E-state index in [1.54, 1.807) is 6.20 Å². The number of fused-ring (bicyclic) bond motifs is 2. The first-order chi connectivity index (χ1) is 13.6. The number of nitrogens with zero attached hydrogens (tertiary/aromatic N) is 4. The van der Waals surface area contributed by atoms with Crippen molar-refractivity contribution in [2.75, 3.05) is 19.6 Å². The molecule has 7 nitrogen and oxygen atoms in total. The Labute approximate surface area is 166 Å². The maximum atomic E-state index is 12.6. The van der Waals surface area contributed by atoms with Gasteiger partial charge in [-0.3, -0.25) is 14.7 Å². The predicted molar refractivity (Wildman–Crippen MR) is 108 cm³/mol. The molecular formula is C20H19ClN6O. The van der Waals surface area contributed by atoms with Crippen LogP contribution in [0.3, 0.4) is 0 Å². The van der Waals surface area contributed by atoms with Gasteiger partial charge >= 0.3 is 0 Å². The average molecular weight is 395 g/mol. The fourth-order valence-electron chi connectivity index (χ4n) is 3.70. The van der Waals surface area contributed by atoms with Crippen molar-refractivity contribution >= 4 is 39.4 Å². The number of aromatic amines is 2. The Morgan fingerprint density at radius 2 is 2.00 bits per heavy atom. The van der Waals surface area contributed by atoms with E-state index in [0.717, 1.165) is 40.0 Å². The summed E-state index contributed by atoms with van der Waals surface area (Å²) in [4.78, 5) is 32.0. The van der Waals surface area contributed by atoms with Crippen LogP contribution >= 0.6 is 11.6 Å². The molecule has 0 radical (unpaired) electrons. The Balaban J connectivity index is 1.24. The molecule has 4 heterocycles. The zero-order valence-corrected chi connectivity index (χ0v) is 15.9. The number of amides is 1. The number of aromatic nitrogens is 4. The number of hydrogen-bond donors (Lipinski definition) is 2. The second-order valence-electron chi connectivity index (χ2n) is 7.13. The Bertz CT molecular complexity index is 1130. The van der Waals surface area contributed by atoms with Crippen LogP contribution in [0.1, 0.15) is 11.5 Å². The minimum Gasteiger partial charge on any atom is -0.357 e. The molecule has 2 N–H and O–H groups in total. The molecule has 0 saturated carbocycles. The average Bonchev–Trinajstić information content (AvgIpc) is 3.26. The van der Waals surface area contributed by atoms with Crippen LogP contribution in [0.15, 0.2) is 42.7 Å². The first-order valence-corrected chi connectivity index (χ1v) is 9.58. The molecule has 1 saturated heterocycles.